The van der Waals surface area contributed by atoms with E-state index < -0.39 is 0 Å². The van der Waals surface area contributed by atoms with E-state index in [0.29, 0.717) is 30.5 Å². The fourth-order valence-electron chi connectivity index (χ4n) is 5.75. The average Bonchev–Trinajstić information content (AvgIpc) is 3.04. The van der Waals surface area contributed by atoms with Crippen molar-refractivity contribution in [1.82, 2.24) is 0 Å². The smallest absolute Gasteiger partial charge is 0.305 e. The first kappa shape index (κ1) is 48.8. The van der Waals surface area contributed by atoms with Crippen LogP contribution in [0.25, 0.3) is 0 Å². The molecule has 0 heterocycles. The minimum Gasteiger partial charge on any atom is -1.00 e. The highest BCUT2D eigenvalue weighted by Crippen LogP contribution is 2.12. The summed E-state index contributed by atoms with van der Waals surface area (Å²) in [4.78, 5) is 24.3. The summed E-state index contributed by atoms with van der Waals surface area (Å²) in [5, 5.41) is 0. The molecule has 6 heteroatoms. The molecule has 0 rings (SSSR count). The maximum atomic E-state index is 12.1. The van der Waals surface area contributed by atoms with Crippen molar-refractivity contribution >= 4 is 11.9 Å². The van der Waals surface area contributed by atoms with E-state index in [0.717, 1.165) is 38.8 Å². The number of hydrogen-bond acceptors (Lipinski definition) is 4. The fraction of sp³-hybridized carbons (Fsp3) is 0.857. The van der Waals surface area contributed by atoms with Gasteiger partial charge in [-0.15, -0.1) is 0 Å². The lowest BCUT2D eigenvalue weighted by molar-refractivity contribution is -0.890. The molecule has 0 radical (unpaired) electrons. The summed E-state index contributed by atoms with van der Waals surface area (Å²) in [6.07, 6.45) is 43.1. The number of nitrogens with zero attached hydrogens (tertiary/aromatic N) is 1. The van der Waals surface area contributed by atoms with Crippen molar-refractivity contribution in [3.05, 3.63) is 24.3 Å². The lowest BCUT2D eigenvalue weighted by Crippen LogP contribution is -3.00. The number of rotatable bonds is 36. The van der Waals surface area contributed by atoms with Crippen LogP contribution in [0.2, 0.25) is 0 Å². The predicted octanol–water partition coefficient (Wildman–Crippen LogP) is 9.23. The van der Waals surface area contributed by atoms with Gasteiger partial charge in [-0.1, -0.05) is 141 Å². The molecule has 0 saturated heterocycles. The van der Waals surface area contributed by atoms with Gasteiger partial charge in [-0.05, 0) is 64.2 Å². The van der Waals surface area contributed by atoms with Crippen LogP contribution in [0, 0.1) is 0 Å². The van der Waals surface area contributed by atoms with Gasteiger partial charge in [0.25, 0.3) is 0 Å². The summed E-state index contributed by atoms with van der Waals surface area (Å²) in [5.41, 5.74) is 0. The van der Waals surface area contributed by atoms with E-state index in [-0.39, 0.29) is 24.3 Å². The molecule has 5 nitrogen and oxygen atoms in total. The molecule has 0 spiro atoms. The third kappa shape index (κ3) is 39.1. The van der Waals surface area contributed by atoms with Gasteiger partial charge in [0.2, 0.25) is 0 Å². The maximum Gasteiger partial charge on any atom is 0.305 e. The van der Waals surface area contributed by atoms with E-state index in [1.165, 1.54) is 141 Å². The molecule has 48 heavy (non-hydrogen) atoms. The summed E-state index contributed by atoms with van der Waals surface area (Å²) >= 11 is 0. The average molecular weight is 699 g/mol. The van der Waals surface area contributed by atoms with Crippen LogP contribution in [0.1, 0.15) is 194 Å². The van der Waals surface area contributed by atoms with Crippen LogP contribution in [0.3, 0.4) is 0 Å². The van der Waals surface area contributed by atoms with Crippen molar-refractivity contribution in [2.45, 2.75) is 194 Å². The Bertz CT molecular complexity index is 692. The largest absolute Gasteiger partial charge is 1.00 e. The lowest BCUT2D eigenvalue weighted by Gasteiger charge is -2.29. The molecule has 0 N–H and O–H groups in total. The second-order valence-electron chi connectivity index (χ2n) is 14.5. The summed E-state index contributed by atoms with van der Waals surface area (Å²) in [6, 6.07) is 0. The van der Waals surface area contributed by atoms with Gasteiger partial charge in [-0.25, -0.2) is 0 Å². The highest BCUT2D eigenvalue weighted by atomic mass is 35.5. The molecular weight excluding hydrogens is 618 g/mol. The molecule has 0 bridgehead atoms. The zero-order valence-electron chi connectivity index (χ0n) is 32.4. The molecule has 0 fully saturated rings. The SMILES string of the molecule is CCCCCCCC/C=C\CCCCCCCC(=O)OCC[N+](C)(C)CCOC(=O)CCCCCCC/C=C\CCCCCCCC.[Cl-]. The number of ether oxygens (including phenoxy) is 2. The monoisotopic (exact) mass is 698 g/mol. The second kappa shape index (κ2) is 38.5. The molecule has 284 valence electrons. The van der Waals surface area contributed by atoms with Gasteiger partial charge in [0, 0.05) is 12.8 Å². The number of esters is 2. The van der Waals surface area contributed by atoms with E-state index >= 15 is 0 Å². The van der Waals surface area contributed by atoms with Crippen molar-refractivity contribution < 1.29 is 36.0 Å². The minimum absolute atomic E-state index is 0. The molecule has 0 aromatic rings. The number of halogens is 1. The number of quaternary nitrogens is 1. The lowest BCUT2D eigenvalue weighted by atomic mass is 10.1. The molecule has 0 atom stereocenters. The summed E-state index contributed by atoms with van der Waals surface area (Å²) in [7, 11) is 4.19. The number of carbonyl (C=O) groups excluding carboxylic acids is 2. The summed E-state index contributed by atoms with van der Waals surface area (Å²) in [6.45, 7) is 6.82. The zero-order valence-corrected chi connectivity index (χ0v) is 33.2. The van der Waals surface area contributed by atoms with Crippen molar-refractivity contribution in [1.29, 1.82) is 0 Å². The van der Waals surface area contributed by atoms with Gasteiger partial charge in [0.05, 0.1) is 14.1 Å². The molecule has 0 saturated carbocycles. The van der Waals surface area contributed by atoms with Crippen molar-refractivity contribution in [3.8, 4) is 0 Å². The highest BCUT2D eigenvalue weighted by Gasteiger charge is 2.17. The summed E-state index contributed by atoms with van der Waals surface area (Å²) in [5.74, 6) is -0.178. The molecule has 0 aliphatic heterocycles. The number of likely N-dealkylation sites (N-methyl/N-ethyl adjacent to an activating group) is 1. The van der Waals surface area contributed by atoms with Gasteiger partial charge in [0.1, 0.15) is 26.3 Å². The van der Waals surface area contributed by atoms with Crippen LogP contribution in [-0.4, -0.2) is 56.8 Å². The fourth-order valence-corrected chi connectivity index (χ4v) is 5.75. The molecule has 0 unspecified atom stereocenters. The van der Waals surface area contributed by atoms with E-state index in [9.17, 15) is 9.59 Å². The Morgan fingerprint density at radius 1 is 0.438 bits per heavy atom. The Labute approximate surface area is 305 Å². The minimum atomic E-state index is -0.0889. The number of hydrogen-bond donors (Lipinski definition) is 0. The standard InChI is InChI=1S/C42H80NO4.ClH/c1-5-7-9-11-13-15-17-19-21-23-25-27-29-31-33-35-41(44)46-39-37-43(3,4)38-40-47-42(45)36-34-32-30-28-26-24-22-20-18-16-14-12-10-8-6-2;/h19-22H,5-18,23-40H2,1-4H3;1H/q+1;/p-1/b21-19-,22-20-;. The molecule has 0 amide bonds. The van der Waals surface area contributed by atoms with E-state index in [2.05, 4.69) is 52.2 Å². The molecule has 0 aliphatic rings. The molecule has 0 aromatic carbocycles. The summed E-state index contributed by atoms with van der Waals surface area (Å²) < 4.78 is 11.6. The van der Waals surface area contributed by atoms with Crippen LogP contribution in [0.4, 0.5) is 0 Å². The van der Waals surface area contributed by atoms with Gasteiger partial charge in [0.15, 0.2) is 0 Å². The van der Waals surface area contributed by atoms with Crippen LogP contribution in [0.5, 0.6) is 0 Å². The van der Waals surface area contributed by atoms with Gasteiger partial charge in [-0.3, -0.25) is 9.59 Å². The van der Waals surface area contributed by atoms with Crippen LogP contribution in [0.15, 0.2) is 24.3 Å². The van der Waals surface area contributed by atoms with Gasteiger partial charge >= 0.3 is 11.9 Å². The zero-order chi connectivity index (χ0) is 34.5. The predicted molar refractivity (Wildman–Crippen MR) is 203 cm³/mol. The highest BCUT2D eigenvalue weighted by molar-refractivity contribution is 5.69. The van der Waals surface area contributed by atoms with Crippen LogP contribution >= 0.6 is 0 Å². The van der Waals surface area contributed by atoms with Crippen molar-refractivity contribution in [2.75, 3.05) is 40.4 Å². The van der Waals surface area contributed by atoms with Crippen molar-refractivity contribution in [2.24, 2.45) is 0 Å². The Hall–Kier alpha value is -1.33. The number of carbonyl (C=O) groups is 2. The second-order valence-corrected chi connectivity index (χ2v) is 14.5. The quantitative estimate of drug-likeness (QED) is 0.0284. The van der Waals surface area contributed by atoms with E-state index in [1.54, 1.807) is 0 Å². The van der Waals surface area contributed by atoms with Crippen molar-refractivity contribution in [3.63, 3.8) is 0 Å². The number of allylic oxidation sites excluding steroid dienone is 4. The Morgan fingerprint density at radius 2 is 0.708 bits per heavy atom. The normalized spacial score (nSPS) is 11.8. The topological polar surface area (TPSA) is 52.6 Å². The molecule has 0 aliphatic carbocycles. The Morgan fingerprint density at radius 3 is 1.02 bits per heavy atom. The first-order valence-electron chi connectivity index (χ1n) is 20.3. The van der Waals surface area contributed by atoms with E-state index in [4.69, 9.17) is 9.47 Å². The number of unbranched alkanes of at least 4 members (excludes halogenated alkanes) is 22. The molecule has 0 aromatic heterocycles. The Kier molecular flexibility index (Phi) is 39.1. The first-order valence-corrected chi connectivity index (χ1v) is 20.3. The maximum absolute atomic E-state index is 12.1. The third-order valence-electron chi connectivity index (χ3n) is 9.20. The van der Waals surface area contributed by atoms with E-state index in [1.807, 2.05) is 0 Å². The molecular formula is C42H80ClNO4. The Balaban J connectivity index is 0. The van der Waals surface area contributed by atoms with Crippen LogP contribution in [-0.2, 0) is 19.1 Å². The third-order valence-corrected chi connectivity index (χ3v) is 9.20. The van der Waals surface area contributed by atoms with Gasteiger partial charge in [-0.2, -0.15) is 0 Å². The van der Waals surface area contributed by atoms with Gasteiger partial charge < -0.3 is 26.4 Å². The first-order chi connectivity index (χ1) is 22.9. The van der Waals surface area contributed by atoms with Crippen LogP contribution < -0.4 is 12.4 Å².